The first-order valence-corrected chi connectivity index (χ1v) is 5.49. The molecule has 0 spiro atoms. The first kappa shape index (κ1) is 15.2. The zero-order chi connectivity index (χ0) is 15.1. The molecule has 0 saturated carbocycles. The van der Waals surface area contributed by atoms with Crippen LogP contribution in [0.5, 0.6) is 11.5 Å². The maximum absolute atomic E-state index is 11.7. The van der Waals surface area contributed by atoms with E-state index < -0.39 is 17.7 Å². The van der Waals surface area contributed by atoms with Crippen LogP contribution in [-0.4, -0.2) is 24.3 Å². The zero-order valence-electron chi connectivity index (χ0n) is 10.8. The Balaban J connectivity index is 3.12. The number of rotatable bonds is 5. The molecule has 8 heteroatoms. The fourth-order valence-corrected chi connectivity index (χ4v) is 1.34. The number of carbonyl (C=O) groups excluding carboxylic acids is 3. The van der Waals surface area contributed by atoms with Crippen LogP contribution in [0.15, 0.2) is 23.3 Å². The van der Waals surface area contributed by atoms with Gasteiger partial charge in [-0.05, 0) is 23.7 Å². The zero-order valence-corrected chi connectivity index (χ0v) is 10.8. The van der Waals surface area contributed by atoms with Crippen molar-refractivity contribution in [3.63, 3.8) is 0 Å². The molecule has 1 rings (SSSR count). The van der Waals surface area contributed by atoms with Gasteiger partial charge in [0.05, 0.1) is 6.54 Å². The predicted molar refractivity (Wildman–Crippen MR) is 67.4 cm³/mol. The lowest BCUT2D eigenvalue weighted by Crippen LogP contribution is -2.09. The molecule has 104 valence electrons. The van der Waals surface area contributed by atoms with E-state index in [9.17, 15) is 14.4 Å². The van der Waals surface area contributed by atoms with Crippen molar-refractivity contribution in [1.29, 1.82) is 0 Å². The third-order valence-corrected chi connectivity index (χ3v) is 2.05. The fraction of sp³-hybridized carbons (Fsp3) is 0.250. The quantitative estimate of drug-likeness (QED) is 0.204. The summed E-state index contributed by atoms with van der Waals surface area (Å²) in [5.74, 6) is -1.71. The van der Waals surface area contributed by atoms with Gasteiger partial charge in [0.1, 0.15) is 0 Å². The van der Waals surface area contributed by atoms with Gasteiger partial charge < -0.3 is 9.47 Å². The number of nitrogens with zero attached hydrogens (tertiary/aromatic N) is 3. The van der Waals surface area contributed by atoms with Gasteiger partial charge in [-0.1, -0.05) is 5.11 Å². The summed E-state index contributed by atoms with van der Waals surface area (Å²) in [7, 11) is 0. The van der Waals surface area contributed by atoms with E-state index in [0.717, 1.165) is 0 Å². The summed E-state index contributed by atoms with van der Waals surface area (Å²) in [5, 5.41) is 3.15. The molecule has 0 aliphatic heterocycles. The number of azide groups is 1. The molecular weight excluding hydrogens is 266 g/mol. The summed E-state index contributed by atoms with van der Waals surface area (Å²) in [4.78, 5) is 36.1. The van der Waals surface area contributed by atoms with Crippen LogP contribution in [0.4, 0.5) is 0 Å². The number of esters is 2. The van der Waals surface area contributed by atoms with Crippen LogP contribution in [0.3, 0.4) is 0 Å². The van der Waals surface area contributed by atoms with Crippen LogP contribution in [0, 0.1) is 0 Å². The van der Waals surface area contributed by atoms with Crippen molar-refractivity contribution >= 4 is 17.7 Å². The van der Waals surface area contributed by atoms with Crippen LogP contribution < -0.4 is 9.47 Å². The highest BCUT2D eigenvalue weighted by Crippen LogP contribution is 2.29. The summed E-state index contributed by atoms with van der Waals surface area (Å²) in [6.45, 7) is 2.01. The van der Waals surface area contributed by atoms with Gasteiger partial charge in [-0.25, -0.2) is 0 Å². The number of carbonyl (C=O) groups is 3. The van der Waals surface area contributed by atoms with Gasteiger partial charge in [-0.2, -0.15) is 0 Å². The lowest BCUT2D eigenvalue weighted by atomic mass is 10.1. The second kappa shape index (κ2) is 6.91. The number of ether oxygens (including phenoxy) is 2. The molecule has 0 saturated heterocycles. The van der Waals surface area contributed by atoms with Gasteiger partial charge in [0.15, 0.2) is 17.3 Å². The Kier molecular flexibility index (Phi) is 5.25. The van der Waals surface area contributed by atoms with Crippen molar-refractivity contribution in [3.8, 4) is 11.5 Å². The summed E-state index contributed by atoms with van der Waals surface area (Å²) in [6.07, 6.45) is 0. The third-order valence-electron chi connectivity index (χ3n) is 2.05. The van der Waals surface area contributed by atoms with Crippen molar-refractivity contribution in [3.05, 3.63) is 34.2 Å². The van der Waals surface area contributed by atoms with Crippen LogP contribution in [-0.2, 0) is 9.59 Å². The van der Waals surface area contributed by atoms with Crippen molar-refractivity contribution in [2.24, 2.45) is 5.11 Å². The van der Waals surface area contributed by atoms with E-state index in [1.807, 2.05) is 0 Å². The topological polar surface area (TPSA) is 118 Å². The van der Waals surface area contributed by atoms with Gasteiger partial charge in [-0.3, -0.25) is 14.4 Å². The summed E-state index contributed by atoms with van der Waals surface area (Å²) >= 11 is 0. The number of benzene rings is 1. The second-order valence-corrected chi connectivity index (χ2v) is 3.66. The molecule has 0 amide bonds. The van der Waals surface area contributed by atoms with Gasteiger partial charge in [0.25, 0.3) is 0 Å². The predicted octanol–water partition coefficient (Wildman–Crippen LogP) is 2.03. The molecule has 0 unspecified atom stereocenters. The average molecular weight is 277 g/mol. The molecule has 0 radical (unpaired) electrons. The van der Waals surface area contributed by atoms with E-state index in [1.54, 1.807) is 0 Å². The highest BCUT2D eigenvalue weighted by Gasteiger charge is 2.14. The molecule has 0 aromatic heterocycles. The van der Waals surface area contributed by atoms with E-state index in [2.05, 4.69) is 10.0 Å². The molecular formula is C12H11N3O5. The average Bonchev–Trinajstić information content (AvgIpc) is 2.36. The number of hydrogen-bond acceptors (Lipinski definition) is 6. The molecule has 0 aliphatic rings. The minimum absolute atomic E-state index is 0.0213. The lowest BCUT2D eigenvalue weighted by molar-refractivity contribution is -0.134. The molecule has 0 bridgehead atoms. The van der Waals surface area contributed by atoms with E-state index in [1.165, 1.54) is 32.0 Å². The Labute approximate surface area is 113 Å². The molecule has 0 aliphatic carbocycles. The number of ketones is 1. The first-order valence-electron chi connectivity index (χ1n) is 5.49. The van der Waals surface area contributed by atoms with E-state index in [0.29, 0.717) is 0 Å². The summed E-state index contributed by atoms with van der Waals surface area (Å²) in [5.41, 5.74) is 8.33. The van der Waals surface area contributed by atoms with Gasteiger partial charge in [0, 0.05) is 24.3 Å². The molecule has 20 heavy (non-hydrogen) atoms. The monoisotopic (exact) mass is 277 g/mol. The fourth-order valence-electron chi connectivity index (χ4n) is 1.34. The highest BCUT2D eigenvalue weighted by molar-refractivity contribution is 5.98. The Morgan fingerprint density at radius 3 is 2.30 bits per heavy atom. The van der Waals surface area contributed by atoms with Crippen molar-refractivity contribution < 1.29 is 23.9 Å². The molecule has 8 nitrogen and oxygen atoms in total. The maximum Gasteiger partial charge on any atom is 0.308 e. The second-order valence-electron chi connectivity index (χ2n) is 3.66. The van der Waals surface area contributed by atoms with Gasteiger partial charge >= 0.3 is 11.9 Å². The number of hydrogen-bond donors (Lipinski definition) is 0. The Morgan fingerprint density at radius 2 is 1.75 bits per heavy atom. The van der Waals surface area contributed by atoms with Crippen molar-refractivity contribution in [1.82, 2.24) is 0 Å². The first-order chi connectivity index (χ1) is 9.43. The Bertz CT molecular complexity index is 605. The summed E-state index contributed by atoms with van der Waals surface area (Å²) in [6, 6.07) is 3.94. The maximum atomic E-state index is 11.7. The van der Waals surface area contributed by atoms with E-state index in [-0.39, 0.29) is 23.6 Å². The highest BCUT2D eigenvalue weighted by atomic mass is 16.6. The van der Waals surface area contributed by atoms with Gasteiger partial charge in [-0.15, -0.1) is 0 Å². The van der Waals surface area contributed by atoms with Crippen LogP contribution in [0.2, 0.25) is 0 Å². The summed E-state index contributed by atoms with van der Waals surface area (Å²) < 4.78 is 9.72. The molecule has 0 N–H and O–H groups in total. The minimum atomic E-state index is -0.627. The van der Waals surface area contributed by atoms with Crippen molar-refractivity contribution in [2.45, 2.75) is 13.8 Å². The molecule has 1 aromatic carbocycles. The third kappa shape index (κ3) is 4.43. The van der Waals surface area contributed by atoms with E-state index >= 15 is 0 Å². The smallest absolute Gasteiger partial charge is 0.308 e. The lowest BCUT2D eigenvalue weighted by Gasteiger charge is -2.09. The largest absolute Gasteiger partial charge is 0.423 e. The van der Waals surface area contributed by atoms with Crippen LogP contribution in [0.1, 0.15) is 24.2 Å². The molecule has 0 heterocycles. The Hall–Kier alpha value is -2.86. The minimum Gasteiger partial charge on any atom is -0.423 e. The SMILES string of the molecule is CC(=O)Oc1ccc(C(=O)CN=[N+]=[N-])cc1OC(C)=O. The number of Topliss-reactive ketones (excluding diaryl/α,β-unsaturated/α-hetero) is 1. The molecule has 0 fully saturated rings. The van der Waals surface area contributed by atoms with E-state index in [4.69, 9.17) is 15.0 Å². The van der Waals surface area contributed by atoms with Crippen LogP contribution in [0.25, 0.3) is 10.4 Å². The van der Waals surface area contributed by atoms with Crippen LogP contribution >= 0.6 is 0 Å². The Morgan fingerprint density at radius 1 is 1.15 bits per heavy atom. The standard InChI is InChI=1S/C12H11N3O5/c1-7(16)19-11-4-3-9(10(18)6-14-15-13)5-12(11)20-8(2)17/h3-5H,6H2,1-2H3. The molecule has 0 atom stereocenters. The van der Waals surface area contributed by atoms with Crippen molar-refractivity contribution in [2.75, 3.05) is 6.54 Å². The normalized spacial score (nSPS) is 9.30. The van der Waals surface area contributed by atoms with Gasteiger partial charge in [0.2, 0.25) is 0 Å². The molecule has 1 aromatic rings.